The minimum Gasteiger partial charge on any atom is -0.301 e. The Hall–Kier alpha value is -0.0900. The van der Waals surface area contributed by atoms with Gasteiger partial charge in [-0.1, -0.05) is 33.1 Å². The van der Waals surface area contributed by atoms with E-state index < -0.39 is 9.84 Å². The number of rotatable bonds is 4. The van der Waals surface area contributed by atoms with Crippen molar-refractivity contribution in [2.75, 3.05) is 5.88 Å². The SMILES string of the molecule is CC(C)NCS(=O)(=O)C1CCCCC1. The van der Waals surface area contributed by atoms with Crippen molar-refractivity contribution in [3.63, 3.8) is 0 Å². The molecule has 0 heterocycles. The van der Waals surface area contributed by atoms with Crippen LogP contribution in [0.2, 0.25) is 0 Å². The smallest absolute Gasteiger partial charge is 0.166 e. The van der Waals surface area contributed by atoms with Crippen LogP contribution in [-0.2, 0) is 9.84 Å². The lowest BCUT2D eigenvalue weighted by molar-refractivity contribution is 0.479. The van der Waals surface area contributed by atoms with E-state index in [1.165, 1.54) is 6.42 Å². The highest BCUT2D eigenvalue weighted by molar-refractivity contribution is 7.91. The number of hydrogen-bond acceptors (Lipinski definition) is 3. The third-order valence-corrected chi connectivity index (χ3v) is 4.81. The van der Waals surface area contributed by atoms with Crippen LogP contribution in [0.25, 0.3) is 0 Å². The van der Waals surface area contributed by atoms with E-state index in [-0.39, 0.29) is 17.2 Å². The van der Waals surface area contributed by atoms with Gasteiger partial charge >= 0.3 is 0 Å². The van der Waals surface area contributed by atoms with E-state index in [0.717, 1.165) is 25.7 Å². The summed E-state index contributed by atoms with van der Waals surface area (Å²) in [7, 11) is -2.89. The maximum Gasteiger partial charge on any atom is 0.166 e. The second-order valence-corrected chi connectivity index (χ2v) is 6.71. The molecule has 1 rings (SSSR count). The second-order valence-electron chi connectivity index (χ2n) is 4.43. The molecule has 0 amide bonds. The molecule has 1 aliphatic rings. The van der Waals surface area contributed by atoms with E-state index in [4.69, 9.17) is 0 Å². The molecular weight excluding hydrogens is 198 g/mol. The summed E-state index contributed by atoms with van der Waals surface area (Å²) in [6, 6.07) is 0.244. The van der Waals surface area contributed by atoms with E-state index in [9.17, 15) is 8.42 Å². The summed E-state index contributed by atoms with van der Waals surface area (Å²) in [6.45, 7) is 3.94. The highest BCUT2D eigenvalue weighted by Crippen LogP contribution is 2.23. The Kier molecular flexibility index (Phi) is 4.38. The van der Waals surface area contributed by atoms with Crippen LogP contribution >= 0.6 is 0 Å². The Morgan fingerprint density at radius 1 is 1.21 bits per heavy atom. The van der Waals surface area contributed by atoms with Gasteiger partial charge in [-0.05, 0) is 12.8 Å². The molecule has 1 saturated carbocycles. The molecule has 0 atom stereocenters. The molecule has 1 N–H and O–H groups in total. The molecule has 1 aliphatic carbocycles. The van der Waals surface area contributed by atoms with E-state index in [2.05, 4.69) is 5.32 Å². The molecular formula is C10H21NO2S. The minimum absolute atomic E-state index is 0.0810. The normalized spacial score (nSPS) is 20.2. The molecule has 0 saturated heterocycles. The van der Waals surface area contributed by atoms with Crippen molar-refractivity contribution >= 4 is 9.84 Å². The highest BCUT2D eigenvalue weighted by Gasteiger charge is 2.26. The van der Waals surface area contributed by atoms with Crippen molar-refractivity contribution in [1.29, 1.82) is 0 Å². The number of sulfone groups is 1. The lowest BCUT2D eigenvalue weighted by Gasteiger charge is -2.22. The van der Waals surface area contributed by atoms with Crippen molar-refractivity contribution in [3.05, 3.63) is 0 Å². The topological polar surface area (TPSA) is 46.2 Å². The zero-order valence-corrected chi connectivity index (χ0v) is 9.94. The number of hydrogen-bond donors (Lipinski definition) is 1. The summed E-state index contributed by atoms with van der Waals surface area (Å²) in [6.07, 6.45) is 5.07. The van der Waals surface area contributed by atoms with Crippen LogP contribution in [0.3, 0.4) is 0 Å². The third-order valence-electron chi connectivity index (χ3n) is 2.75. The zero-order valence-electron chi connectivity index (χ0n) is 9.12. The largest absolute Gasteiger partial charge is 0.301 e. The molecule has 0 aromatic rings. The summed E-state index contributed by atoms with van der Waals surface area (Å²) in [5, 5.41) is 2.91. The molecule has 14 heavy (non-hydrogen) atoms. The van der Waals surface area contributed by atoms with Crippen LogP contribution in [0.1, 0.15) is 46.0 Å². The first-order valence-electron chi connectivity index (χ1n) is 5.47. The average Bonchev–Trinajstić information content (AvgIpc) is 2.16. The summed E-state index contributed by atoms with van der Waals surface area (Å²) in [5.41, 5.74) is 0. The third kappa shape index (κ3) is 3.58. The Morgan fingerprint density at radius 2 is 1.79 bits per heavy atom. The van der Waals surface area contributed by atoms with Gasteiger partial charge in [-0.15, -0.1) is 0 Å². The Morgan fingerprint density at radius 3 is 2.29 bits per heavy atom. The maximum atomic E-state index is 11.8. The van der Waals surface area contributed by atoms with Crippen LogP contribution in [0.15, 0.2) is 0 Å². The van der Waals surface area contributed by atoms with Crippen molar-refractivity contribution in [2.45, 2.75) is 57.2 Å². The van der Waals surface area contributed by atoms with Gasteiger partial charge in [0, 0.05) is 6.04 Å². The lowest BCUT2D eigenvalue weighted by Crippen LogP contribution is -2.35. The van der Waals surface area contributed by atoms with Crippen LogP contribution in [0.4, 0.5) is 0 Å². The van der Waals surface area contributed by atoms with Gasteiger partial charge in [0.15, 0.2) is 9.84 Å². The highest BCUT2D eigenvalue weighted by atomic mass is 32.2. The van der Waals surface area contributed by atoms with Crippen molar-refractivity contribution < 1.29 is 8.42 Å². The minimum atomic E-state index is -2.89. The molecule has 0 aliphatic heterocycles. The van der Waals surface area contributed by atoms with E-state index >= 15 is 0 Å². The maximum absolute atomic E-state index is 11.8. The molecule has 4 heteroatoms. The molecule has 1 fully saturated rings. The first kappa shape index (κ1) is 12.0. The zero-order chi connectivity index (χ0) is 10.6. The summed E-state index contributed by atoms with van der Waals surface area (Å²) < 4.78 is 23.7. The quantitative estimate of drug-likeness (QED) is 0.782. The van der Waals surface area contributed by atoms with Crippen LogP contribution < -0.4 is 5.32 Å². The van der Waals surface area contributed by atoms with Gasteiger partial charge in [-0.2, -0.15) is 0 Å². The monoisotopic (exact) mass is 219 g/mol. The van der Waals surface area contributed by atoms with Crippen LogP contribution in [0.5, 0.6) is 0 Å². The Bertz CT molecular complexity index is 253. The fraction of sp³-hybridized carbons (Fsp3) is 1.00. The van der Waals surface area contributed by atoms with Crippen molar-refractivity contribution in [1.82, 2.24) is 5.32 Å². The molecule has 84 valence electrons. The van der Waals surface area contributed by atoms with E-state index in [1.54, 1.807) is 0 Å². The standard InChI is InChI=1S/C10H21NO2S/c1-9(2)11-8-14(12,13)10-6-4-3-5-7-10/h9-11H,3-8H2,1-2H3. The first-order chi connectivity index (χ1) is 6.52. The van der Waals surface area contributed by atoms with E-state index in [0.29, 0.717) is 0 Å². The summed E-state index contributed by atoms with van der Waals surface area (Å²) in [5.74, 6) is 0.148. The first-order valence-corrected chi connectivity index (χ1v) is 7.19. The molecule has 0 spiro atoms. The predicted octanol–water partition coefficient (Wildman–Crippen LogP) is 1.69. The predicted molar refractivity (Wildman–Crippen MR) is 58.9 cm³/mol. The molecule has 0 unspecified atom stereocenters. The second kappa shape index (κ2) is 5.12. The van der Waals surface area contributed by atoms with Gasteiger partial charge < -0.3 is 5.32 Å². The Labute approximate surface area is 87.2 Å². The van der Waals surface area contributed by atoms with Gasteiger partial charge in [-0.25, -0.2) is 8.42 Å². The molecule has 0 aromatic carbocycles. The van der Waals surface area contributed by atoms with E-state index in [1.807, 2.05) is 13.8 Å². The number of nitrogens with one attached hydrogen (secondary N) is 1. The van der Waals surface area contributed by atoms with Gasteiger partial charge in [-0.3, -0.25) is 0 Å². The van der Waals surface area contributed by atoms with Gasteiger partial charge in [0.25, 0.3) is 0 Å². The molecule has 3 nitrogen and oxygen atoms in total. The molecule has 0 radical (unpaired) electrons. The summed E-state index contributed by atoms with van der Waals surface area (Å²) >= 11 is 0. The lowest BCUT2D eigenvalue weighted by atomic mass is 10.0. The molecule has 0 bridgehead atoms. The average molecular weight is 219 g/mol. The van der Waals surface area contributed by atoms with Gasteiger partial charge in [0.05, 0.1) is 11.1 Å². The Balaban J connectivity index is 2.46. The fourth-order valence-corrected chi connectivity index (χ4v) is 3.68. The van der Waals surface area contributed by atoms with Gasteiger partial charge in [0.1, 0.15) is 0 Å². The van der Waals surface area contributed by atoms with Crippen molar-refractivity contribution in [3.8, 4) is 0 Å². The van der Waals surface area contributed by atoms with Crippen molar-refractivity contribution in [2.24, 2.45) is 0 Å². The molecule has 0 aromatic heterocycles. The van der Waals surface area contributed by atoms with Gasteiger partial charge in [0.2, 0.25) is 0 Å². The van der Waals surface area contributed by atoms with Crippen LogP contribution in [-0.4, -0.2) is 25.6 Å². The van der Waals surface area contributed by atoms with Crippen LogP contribution in [0, 0.1) is 0 Å². The fourth-order valence-electron chi connectivity index (χ4n) is 1.82. The summed E-state index contributed by atoms with van der Waals surface area (Å²) in [4.78, 5) is 0.